The Balaban J connectivity index is 1.36. The van der Waals surface area contributed by atoms with Crippen molar-refractivity contribution in [3.8, 4) is 6.07 Å². The number of anilines is 1. The van der Waals surface area contributed by atoms with Crippen LogP contribution in [0.3, 0.4) is 0 Å². The first-order valence-electron chi connectivity index (χ1n) is 8.88. The molecule has 1 aromatic carbocycles. The van der Waals surface area contributed by atoms with Gasteiger partial charge in [0.25, 0.3) is 0 Å². The molecule has 0 spiro atoms. The molecule has 4 unspecified atom stereocenters. The maximum absolute atomic E-state index is 9.00. The molecule has 3 heterocycles. The zero-order valence-electron chi connectivity index (χ0n) is 15.2. The minimum Gasteiger partial charge on any atom is -0.378 e. The fourth-order valence-electron chi connectivity index (χ4n) is 3.52. The van der Waals surface area contributed by atoms with Crippen LogP contribution in [0.5, 0.6) is 0 Å². The van der Waals surface area contributed by atoms with Gasteiger partial charge >= 0.3 is 0 Å². The number of hydrogen-bond donors (Lipinski definition) is 2. The van der Waals surface area contributed by atoms with Crippen molar-refractivity contribution >= 4 is 23.0 Å². The Morgan fingerprint density at radius 3 is 3.07 bits per heavy atom. The number of methoxy groups -OCH3 is 1. The molecule has 2 aliphatic heterocycles. The zero-order valence-corrected chi connectivity index (χ0v) is 16.1. The van der Waals surface area contributed by atoms with Gasteiger partial charge in [-0.05, 0) is 30.4 Å². The molecule has 0 amide bonds. The second-order valence-electron chi connectivity index (χ2n) is 6.68. The summed E-state index contributed by atoms with van der Waals surface area (Å²) in [4.78, 5) is 0. The summed E-state index contributed by atoms with van der Waals surface area (Å²) in [7, 11) is 1.62. The van der Waals surface area contributed by atoms with Crippen LogP contribution in [-0.4, -0.2) is 58.7 Å². The standard InChI is InChI=1S/C18H20N6O3S/c1-25-8-13-7-24(23-22-13)15-10-27-16-14(9-26-17(15)16)21-18(28)20-12-4-2-3-11(5-12)6-19/h2-5,7,14-17H,8-10H2,1H3,(H2,20,21,28). The lowest BCUT2D eigenvalue weighted by atomic mass is 10.1. The fourth-order valence-corrected chi connectivity index (χ4v) is 3.79. The Morgan fingerprint density at radius 1 is 1.39 bits per heavy atom. The number of ether oxygens (including phenoxy) is 3. The molecule has 0 radical (unpaired) electrons. The van der Waals surface area contributed by atoms with Crippen LogP contribution in [0.1, 0.15) is 17.3 Å². The van der Waals surface area contributed by atoms with Crippen LogP contribution in [0.4, 0.5) is 5.69 Å². The summed E-state index contributed by atoms with van der Waals surface area (Å²) in [5.41, 5.74) is 2.09. The molecule has 0 bridgehead atoms. The molecule has 10 heteroatoms. The van der Waals surface area contributed by atoms with Crippen LogP contribution >= 0.6 is 12.2 Å². The van der Waals surface area contributed by atoms with Crippen LogP contribution in [0.2, 0.25) is 0 Å². The molecular formula is C18H20N6O3S. The molecule has 28 heavy (non-hydrogen) atoms. The van der Waals surface area contributed by atoms with Gasteiger partial charge in [-0.15, -0.1) is 5.10 Å². The maximum Gasteiger partial charge on any atom is 0.171 e. The Bertz CT molecular complexity index is 897. The summed E-state index contributed by atoms with van der Waals surface area (Å²) in [6, 6.07) is 9.14. The largest absolute Gasteiger partial charge is 0.378 e. The van der Waals surface area contributed by atoms with Crippen molar-refractivity contribution in [3.63, 3.8) is 0 Å². The second-order valence-corrected chi connectivity index (χ2v) is 7.09. The summed E-state index contributed by atoms with van der Waals surface area (Å²) in [5, 5.41) is 24.1. The highest BCUT2D eigenvalue weighted by molar-refractivity contribution is 7.80. The molecule has 1 aromatic heterocycles. The van der Waals surface area contributed by atoms with Gasteiger partial charge in [0.15, 0.2) is 5.11 Å². The quantitative estimate of drug-likeness (QED) is 0.711. The van der Waals surface area contributed by atoms with E-state index in [1.807, 2.05) is 12.3 Å². The molecule has 4 rings (SSSR count). The molecule has 0 aliphatic carbocycles. The zero-order chi connectivity index (χ0) is 19.5. The van der Waals surface area contributed by atoms with Crippen LogP contribution in [0, 0.1) is 11.3 Å². The van der Waals surface area contributed by atoms with E-state index in [4.69, 9.17) is 31.7 Å². The van der Waals surface area contributed by atoms with E-state index >= 15 is 0 Å². The monoisotopic (exact) mass is 400 g/mol. The van der Waals surface area contributed by atoms with Gasteiger partial charge in [-0.1, -0.05) is 11.3 Å². The molecule has 2 N–H and O–H groups in total. The van der Waals surface area contributed by atoms with Crippen molar-refractivity contribution in [1.82, 2.24) is 20.3 Å². The van der Waals surface area contributed by atoms with Crippen molar-refractivity contribution in [2.45, 2.75) is 30.9 Å². The number of nitrogens with zero attached hydrogens (tertiary/aromatic N) is 4. The Morgan fingerprint density at radius 2 is 2.25 bits per heavy atom. The number of hydrogen-bond acceptors (Lipinski definition) is 7. The number of nitrogens with one attached hydrogen (secondary N) is 2. The first kappa shape index (κ1) is 18.8. The summed E-state index contributed by atoms with van der Waals surface area (Å²) in [5.74, 6) is 0. The third kappa shape index (κ3) is 3.83. The van der Waals surface area contributed by atoms with E-state index in [0.717, 1.165) is 11.4 Å². The number of rotatable bonds is 5. The van der Waals surface area contributed by atoms with Gasteiger partial charge in [0, 0.05) is 12.8 Å². The van der Waals surface area contributed by atoms with Gasteiger partial charge in [-0.3, -0.25) is 0 Å². The van der Waals surface area contributed by atoms with Gasteiger partial charge in [0.1, 0.15) is 23.9 Å². The van der Waals surface area contributed by atoms with E-state index in [0.29, 0.717) is 30.5 Å². The lowest BCUT2D eigenvalue weighted by Crippen LogP contribution is -2.45. The van der Waals surface area contributed by atoms with Crippen LogP contribution < -0.4 is 10.6 Å². The first-order chi connectivity index (χ1) is 13.7. The average Bonchev–Trinajstić information content (AvgIpc) is 3.40. The number of thiocarbonyl (C=S) groups is 1. The minimum absolute atomic E-state index is 0.0382. The van der Waals surface area contributed by atoms with Gasteiger partial charge < -0.3 is 24.8 Å². The molecule has 2 fully saturated rings. The van der Waals surface area contributed by atoms with Crippen LogP contribution in [-0.2, 0) is 20.8 Å². The van der Waals surface area contributed by atoms with Crippen molar-refractivity contribution in [2.75, 3.05) is 25.6 Å². The van der Waals surface area contributed by atoms with Crippen LogP contribution in [0.15, 0.2) is 30.5 Å². The minimum atomic E-state index is -0.134. The Kier molecular flexibility index (Phi) is 5.50. The highest BCUT2D eigenvalue weighted by Crippen LogP contribution is 2.34. The van der Waals surface area contributed by atoms with E-state index in [-0.39, 0.29) is 24.3 Å². The highest BCUT2D eigenvalue weighted by atomic mass is 32.1. The van der Waals surface area contributed by atoms with E-state index in [2.05, 4.69) is 27.0 Å². The van der Waals surface area contributed by atoms with Gasteiger partial charge in [0.2, 0.25) is 0 Å². The number of nitriles is 1. The molecule has 0 saturated carbocycles. The highest BCUT2D eigenvalue weighted by Gasteiger charge is 2.49. The lowest BCUT2D eigenvalue weighted by molar-refractivity contribution is 0.0624. The third-order valence-electron chi connectivity index (χ3n) is 4.78. The average molecular weight is 400 g/mol. The van der Waals surface area contributed by atoms with Gasteiger partial charge in [0.05, 0.1) is 43.7 Å². The number of benzene rings is 1. The van der Waals surface area contributed by atoms with Gasteiger partial charge in [-0.2, -0.15) is 5.26 Å². The maximum atomic E-state index is 9.00. The van der Waals surface area contributed by atoms with Crippen molar-refractivity contribution in [1.29, 1.82) is 5.26 Å². The summed E-state index contributed by atoms with van der Waals surface area (Å²) < 4.78 is 18.8. The van der Waals surface area contributed by atoms with Crippen LogP contribution in [0.25, 0.3) is 0 Å². The molecule has 146 valence electrons. The fraction of sp³-hybridized carbons (Fsp3) is 0.444. The van der Waals surface area contributed by atoms with Crippen molar-refractivity contribution in [3.05, 3.63) is 41.7 Å². The predicted octanol–water partition coefficient (Wildman–Crippen LogP) is 0.990. The summed E-state index contributed by atoms with van der Waals surface area (Å²) in [6.45, 7) is 1.39. The molecule has 2 saturated heterocycles. The van der Waals surface area contributed by atoms with E-state index in [1.54, 1.807) is 30.0 Å². The number of fused-ring (bicyclic) bond motifs is 1. The molecule has 2 aromatic rings. The topological polar surface area (TPSA) is 106 Å². The Labute approximate surface area is 167 Å². The van der Waals surface area contributed by atoms with E-state index in [1.165, 1.54) is 0 Å². The summed E-state index contributed by atoms with van der Waals surface area (Å²) in [6.07, 6.45) is 1.60. The van der Waals surface area contributed by atoms with Crippen molar-refractivity contribution < 1.29 is 14.2 Å². The SMILES string of the molecule is COCc1cn(C2COC3C(NC(=S)Nc4cccc(C#N)c4)COC32)nn1. The van der Waals surface area contributed by atoms with E-state index in [9.17, 15) is 0 Å². The summed E-state index contributed by atoms with van der Waals surface area (Å²) >= 11 is 5.41. The molecule has 4 atom stereocenters. The Hall–Kier alpha value is -2.58. The third-order valence-corrected chi connectivity index (χ3v) is 5.00. The van der Waals surface area contributed by atoms with Gasteiger partial charge in [-0.25, -0.2) is 4.68 Å². The molecule has 9 nitrogen and oxygen atoms in total. The van der Waals surface area contributed by atoms with Crippen molar-refractivity contribution in [2.24, 2.45) is 0 Å². The predicted molar refractivity (Wildman–Crippen MR) is 104 cm³/mol. The number of aromatic nitrogens is 3. The van der Waals surface area contributed by atoms with E-state index < -0.39 is 0 Å². The second kappa shape index (κ2) is 8.20. The smallest absolute Gasteiger partial charge is 0.171 e. The molecular weight excluding hydrogens is 380 g/mol. The first-order valence-corrected chi connectivity index (χ1v) is 9.29. The lowest BCUT2D eigenvalue weighted by Gasteiger charge is -2.20. The molecule has 2 aliphatic rings. The normalized spacial score (nSPS) is 25.9.